The van der Waals surface area contributed by atoms with Crippen LogP contribution < -0.4 is 10.1 Å². The van der Waals surface area contributed by atoms with E-state index in [9.17, 15) is 0 Å². The lowest BCUT2D eigenvalue weighted by Crippen LogP contribution is -2.37. The van der Waals surface area contributed by atoms with E-state index in [1.54, 1.807) is 7.11 Å². The van der Waals surface area contributed by atoms with Crippen molar-refractivity contribution in [1.82, 2.24) is 5.32 Å². The Hall–Kier alpha value is -0.580. The molecule has 0 saturated heterocycles. The molecule has 0 aliphatic carbocycles. The minimum atomic E-state index is 0.345. The summed E-state index contributed by atoms with van der Waals surface area (Å²) in [6.07, 6.45) is 1.02. The summed E-state index contributed by atoms with van der Waals surface area (Å²) >= 11 is 3.52. The SMILES string of the molecule is CCCOc1ccc(Br)cc1CNC(COC)C(C)C. The number of benzene rings is 1. The second-order valence-corrected chi connectivity index (χ2v) is 6.20. The molecule has 0 amide bonds. The van der Waals surface area contributed by atoms with Crippen molar-refractivity contribution in [1.29, 1.82) is 0 Å². The molecular formula is C16H26BrNO2. The van der Waals surface area contributed by atoms with Crippen LogP contribution in [0.2, 0.25) is 0 Å². The summed E-state index contributed by atoms with van der Waals surface area (Å²) in [6.45, 7) is 8.77. The highest BCUT2D eigenvalue weighted by Gasteiger charge is 2.13. The van der Waals surface area contributed by atoms with Crippen LogP contribution in [0.1, 0.15) is 32.8 Å². The molecular weight excluding hydrogens is 318 g/mol. The Morgan fingerprint density at radius 3 is 2.65 bits per heavy atom. The largest absolute Gasteiger partial charge is 0.493 e. The van der Waals surface area contributed by atoms with Gasteiger partial charge in [-0.2, -0.15) is 0 Å². The molecule has 0 saturated carbocycles. The zero-order valence-electron chi connectivity index (χ0n) is 12.9. The van der Waals surface area contributed by atoms with Crippen molar-refractivity contribution in [2.24, 2.45) is 5.92 Å². The minimum Gasteiger partial charge on any atom is -0.493 e. The maximum absolute atomic E-state index is 5.80. The molecule has 0 aliphatic rings. The molecule has 0 spiro atoms. The Bertz CT molecular complexity index is 396. The van der Waals surface area contributed by atoms with Crippen LogP contribution in [0.3, 0.4) is 0 Å². The second kappa shape index (κ2) is 9.37. The normalized spacial score (nSPS) is 12.7. The molecule has 0 heterocycles. The van der Waals surface area contributed by atoms with Gasteiger partial charge in [-0.1, -0.05) is 36.7 Å². The van der Waals surface area contributed by atoms with Gasteiger partial charge in [-0.15, -0.1) is 0 Å². The smallest absolute Gasteiger partial charge is 0.123 e. The van der Waals surface area contributed by atoms with Gasteiger partial charge >= 0.3 is 0 Å². The molecule has 0 radical (unpaired) electrons. The van der Waals surface area contributed by atoms with Gasteiger partial charge in [0.25, 0.3) is 0 Å². The third-order valence-corrected chi connectivity index (χ3v) is 3.68. The molecule has 4 heteroatoms. The van der Waals surface area contributed by atoms with E-state index in [0.29, 0.717) is 12.0 Å². The van der Waals surface area contributed by atoms with Crippen LogP contribution in [-0.2, 0) is 11.3 Å². The van der Waals surface area contributed by atoms with Crippen molar-refractivity contribution in [3.63, 3.8) is 0 Å². The lowest BCUT2D eigenvalue weighted by atomic mass is 10.0. The van der Waals surface area contributed by atoms with Crippen molar-refractivity contribution < 1.29 is 9.47 Å². The molecule has 0 fully saturated rings. The molecule has 0 aliphatic heterocycles. The van der Waals surface area contributed by atoms with Gasteiger partial charge in [-0.25, -0.2) is 0 Å². The van der Waals surface area contributed by atoms with E-state index in [4.69, 9.17) is 9.47 Å². The van der Waals surface area contributed by atoms with Gasteiger partial charge in [0.05, 0.1) is 13.2 Å². The molecule has 3 nitrogen and oxygen atoms in total. The first-order valence-corrected chi connectivity index (χ1v) is 8.01. The Balaban J connectivity index is 2.71. The predicted octanol–water partition coefficient (Wildman–Crippen LogP) is 4.00. The number of hydrogen-bond acceptors (Lipinski definition) is 3. The molecule has 1 N–H and O–H groups in total. The highest BCUT2D eigenvalue weighted by Crippen LogP contribution is 2.23. The highest BCUT2D eigenvalue weighted by molar-refractivity contribution is 9.10. The van der Waals surface area contributed by atoms with Crippen LogP contribution in [-0.4, -0.2) is 26.4 Å². The minimum absolute atomic E-state index is 0.345. The van der Waals surface area contributed by atoms with E-state index in [2.05, 4.69) is 48.1 Å². The fourth-order valence-corrected chi connectivity index (χ4v) is 2.36. The molecule has 1 rings (SSSR count). The fraction of sp³-hybridized carbons (Fsp3) is 0.625. The number of halogens is 1. The topological polar surface area (TPSA) is 30.5 Å². The van der Waals surface area contributed by atoms with E-state index in [-0.39, 0.29) is 0 Å². The first kappa shape index (κ1) is 17.5. The van der Waals surface area contributed by atoms with Crippen LogP contribution in [0.25, 0.3) is 0 Å². The standard InChI is InChI=1S/C16H26BrNO2/c1-5-8-20-16-7-6-14(17)9-13(16)10-18-15(11-19-4)12(2)3/h6-7,9,12,15,18H,5,8,10-11H2,1-4H3. The van der Waals surface area contributed by atoms with E-state index >= 15 is 0 Å². The molecule has 114 valence electrons. The Kier molecular flexibility index (Phi) is 8.19. The average Bonchev–Trinajstić information content (AvgIpc) is 2.42. The van der Waals surface area contributed by atoms with Crippen molar-refractivity contribution >= 4 is 15.9 Å². The predicted molar refractivity (Wildman–Crippen MR) is 87.3 cm³/mol. The number of nitrogens with one attached hydrogen (secondary N) is 1. The molecule has 0 aromatic heterocycles. The number of hydrogen-bond donors (Lipinski definition) is 1. The molecule has 0 bridgehead atoms. The summed E-state index contributed by atoms with van der Waals surface area (Å²) in [5.41, 5.74) is 1.18. The summed E-state index contributed by atoms with van der Waals surface area (Å²) in [6, 6.07) is 6.50. The summed E-state index contributed by atoms with van der Waals surface area (Å²) in [4.78, 5) is 0. The fourth-order valence-electron chi connectivity index (χ4n) is 1.95. The van der Waals surface area contributed by atoms with Crippen molar-refractivity contribution in [3.05, 3.63) is 28.2 Å². The van der Waals surface area contributed by atoms with Crippen molar-refractivity contribution in [2.75, 3.05) is 20.3 Å². The summed E-state index contributed by atoms with van der Waals surface area (Å²) < 4.78 is 12.1. The second-order valence-electron chi connectivity index (χ2n) is 5.29. The quantitative estimate of drug-likeness (QED) is 0.735. The first-order chi connectivity index (χ1) is 9.58. The van der Waals surface area contributed by atoms with Crippen LogP contribution in [0.5, 0.6) is 5.75 Å². The van der Waals surface area contributed by atoms with Crippen molar-refractivity contribution in [2.45, 2.75) is 39.8 Å². The van der Waals surface area contributed by atoms with Crippen LogP contribution in [0.4, 0.5) is 0 Å². The first-order valence-electron chi connectivity index (χ1n) is 7.22. The Morgan fingerprint density at radius 1 is 1.30 bits per heavy atom. The monoisotopic (exact) mass is 343 g/mol. The van der Waals surface area contributed by atoms with Crippen molar-refractivity contribution in [3.8, 4) is 5.75 Å². The lowest BCUT2D eigenvalue weighted by Gasteiger charge is -2.22. The van der Waals surface area contributed by atoms with Crippen LogP contribution in [0.15, 0.2) is 22.7 Å². The van der Waals surface area contributed by atoms with Gasteiger partial charge < -0.3 is 14.8 Å². The molecule has 20 heavy (non-hydrogen) atoms. The third-order valence-electron chi connectivity index (χ3n) is 3.19. The van der Waals surface area contributed by atoms with E-state index < -0.39 is 0 Å². The number of ether oxygens (including phenoxy) is 2. The number of rotatable bonds is 9. The van der Waals surface area contributed by atoms with E-state index in [1.165, 1.54) is 5.56 Å². The summed E-state index contributed by atoms with van der Waals surface area (Å²) in [7, 11) is 1.74. The highest BCUT2D eigenvalue weighted by atomic mass is 79.9. The van der Waals surface area contributed by atoms with Gasteiger partial charge in [-0.05, 0) is 30.5 Å². The zero-order chi connectivity index (χ0) is 15.0. The summed E-state index contributed by atoms with van der Waals surface area (Å²) in [5, 5.41) is 3.55. The average molecular weight is 344 g/mol. The van der Waals surface area contributed by atoms with Gasteiger partial charge in [0.1, 0.15) is 5.75 Å². The van der Waals surface area contributed by atoms with Gasteiger partial charge in [0.2, 0.25) is 0 Å². The molecule has 1 unspecified atom stereocenters. The molecule has 1 aromatic carbocycles. The Labute approximate surface area is 131 Å². The van der Waals surface area contributed by atoms with E-state index in [0.717, 1.165) is 36.4 Å². The van der Waals surface area contributed by atoms with Gasteiger partial charge in [-0.3, -0.25) is 0 Å². The zero-order valence-corrected chi connectivity index (χ0v) is 14.5. The lowest BCUT2D eigenvalue weighted by molar-refractivity contribution is 0.146. The van der Waals surface area contributed by atoms with E-state index in [1.807, 2.05) is 12.1 Å². The summed E-state index contributed by atoms with van der Waals surface area (Å²) in [5.74, 6) is 1.49. The molecule has 1 atom stereocenters. The van der Waals surface area contributed by atoms with Crippen LogP contribution in [0, 0.1) is 5.92 Å². The maximum Gasteiger partial charge on any atom is 0.123 e. The van der Waals surface area contributed by atoms with Gasteiger partial charge in [0.15, 0.2) is 0 Å². The molecule has 1 aromatic rings. The Morgan fingerprint density at radius 2 is 2.05 bits per heavy atom. The van der Waals surface area contributed by atoms with Crippen LogP contribution >= 0.6 is 15.9 Å². The van der Waals surface area contributed by atoms with Gasteiger partial charge in [0, 0.05) is 29.7 Å². The number of methoxy groups -OCH3 is 1. The third kappa shape index (κ3) is 5.81. The maximum atomic E-state index is 5.80.